The molecule has 0 heterocycles. The minimum Gasteiger partial charge on any atom is -0.380 e. The van der Waals surface area contributed by atoms with Crippen LogP contribution in [0, 0.1) is 0 Å². The van der Waals surface area contributed by atoms with Crippen molar-refractivity contribution in [2.24, 2.45) is 0 Å². The predicted molar refractivity (Wildman–Crippen MR) is 90.6 cm³/mol. The average molecular weight is 343 g/mol. The first kappa shape index (κ1) is 17.5. The number of nitrogens with one attached hydrogen (secondary N) is 1. The standard InChI is InChI=1S/C16H27BrN2O/c1-5-18-13(4)14-8-9-16(15(17)12-14)19(6-2)10-11-20-7-3/h8-9,12-13,18H,5-7,10-11H2,1-4H3. The maximum atomic E-state index is 5.45. The summed E-state index contributed by atoms with van der Waals surface area (Å²) in [5.74, 6) is 0. The normalized spacial score (nSPS) is 12.4. The molecule has 1 N–H and O–H groups in total. The molecule has 1 aromatic rings. The van der Waals surface area contributed by atoms with Gasteiger partial charge in [0.25, 0.3) is 0 Å². The third-order valence-corrected chi connectivity index (χ3v) is 4.05. The molecule has 0 fully saturated rings. The summed E-state index contributed by atoms with van der Waals surface area (Å²) in [4.78, 5) is 2.33. The van der Waals surface area contributed by atoms with Gasteiger partial charge in [-0.2, -0.15) is 0 Å². The second-order valence-corrected chi connectivity index (χ2v) is 5.62. The largest absolute Gasteiger partial charge is 0.380 e. The minimum atomic E-state index is 0.379. The fourth-order valence-corrected chi connectivity index (χ4v) is 2.89. The van der Waals surface area contributed by atoms with Crippen molar-refractivity contribution in [1.82, 2.24) is 5.32 Å². The third-order valence-electron chi connectivity index (χ3n) is 3.41. The topological polar surface area (TPSA) is 24.5 Å². The quantitative estimate of drug-likeness (QED) is 0.687. The predicted octanol–water partition coefficient (Wildman–Crippen LogP) is 3.98. The van der Waals surface area contributed by atoms with Crippen LogP contribution in [-0.2, 0) is 4.74 Å². The number of rotatable bonds is 9. The summed E-state index contributed by atoms with van der Waals surface area (Å²) in [5.41, 5.74) is 2.54. The highest BCUT2D eigenvalue weighted by atomic mass is 79.9. The highest BCUT2D eigenvalue weighted by Gasteiger charge is 2.11. The number of halogens is 1. The molecule has 0 aromatic heterocycles. The van der Waals surface area contributed by atoms with Crippen LogP contribution in [0.4, 0.5) is 5.69 Å². The molecule has 0 amide bonds. The van der Waals surface area contributed by atoms with Crippen LogP contribution in [0.3, 0.4) is 0 Å². The lowest BCUT2D eigenvalue weighted by molar-refractivity contribution is 0.154. The van der Waals surface area contributed by atoms with Gasteiger partial charge in [-0.1, -0.05) is 13.0 Å². The van der Waals surface area contributed by atoms with E-state index in [0.29, 0.717) is 6.04 Å². The molecule has 3 nitrogen and oxygen atoms in total. The van der Waals surface area contributed by atoms with E-state index < -0.39 is 0 Å². The van der Waals surface area contributed by atoms with E-state index in [4.69, 9.17) is 4.74 Å². The lowest BCUT2D eigenvalue weighted by atomic mass is 10.1. The van der Waals surface area contributed by atoms with E-state index in [1.165, 1.54) is 11.3 Å². The molecular formula is C16H27BrN2O. The maximum Gasteiger partial charge on any atom is 0.0641 e. The van der Waals surface area contributed by atoms with Crippen LogP contribution in [0.15, 0.2) is 22.7 Å². The van der Waals surface area contributed by atoms with Crippen molar-refractivity contribution in [1.29, 1.82) is 0 Å². The monoisotopic (exact) mass is 342 g/mol. The van der Waals surface area contributed by atoms with Crippen LogP contribution in [0.1, 0.15) is 39.3 Å². The number of hydrogen-bond acceptors (Lipinski definition) is 3. The Morgan fingerprint density at radius 2 is 2.05 bits per heavy atom. The molecule has 0 radical (unpaired) electrons. The van der Waals surface area contributed by atoms with E-state index in [1.807, 2.05) is 6.92 Å². The number of benzene rings is 1. The fourth-order valence-electron chi connectivity index (χ4n) is 2.24. The van der Waals surface area contributed by atoms with Gasteiger partial charge in [0, 0.05) is 30.2 Å². The van der Waals surface area contributed by atoms with Crippen molar-refractivity contribution in [3.8, 4) is 0 Å². The summed E-state index contributed by atoms with van der Waals surface area (Å²) in [6, 6.07) is 7.00. The Morgan fingerprint density at radius 3 is 2.60 bits per heavy atom. The molecule has 0 spiro atoms. The first-order valence-electron chi connectivity index (χ1n) is 7.49. The van der Waals surface area contributed by atoms with Crippen molar-refractivity contribution in [2.75, 3.05) is 37.7 Å². The Morgan fingerprint density at radius 1 is 1.30 bits per heavy atom. The van der Waals surface area contributed by atoms with Gasteiger partial charge in [-0.3, -0.25) is 0 Å². The van der Waals surface area contributed by atoms with E-state index >= 15 is 0 Å². The fraction of sp³-hybridized carbons (Fsp3) is 0.625. The van der Waals surface area contributed by atoms with E-state index in [1.54, 1.807) is 0 Å². The highest BCUT2D eigenvalue weighted by Crippen LogP contribution is 2.29. The molecule has 1 rings (SSSR count). The SMILES string of the molecule is CCNC(C)c1ccc(N(CC)CCOCC)c(Br)c1. The Balaban J connectivity index is 2.79. The Labute approximate surface area is 131 Å². The van der Waals surface area contributed by atoms with E-state index in [9.17, 15) is 0 Å². The summed E-state index contributed by atoms with van der Waals surface area (Å²) in [6.07, 6.45) is 0. The summed E-state index contributed by atoms with van der Waals surface area (Å²) in [5, 5.41) is 3.44. The van der Waals surface area contributed by atoms with Crippen LogP contribution in [0.5, 0.6) is 0 Å². The number of nitrogens with zero attached hydrogens (tertiary/aromatic N) is 1. The molecule has 114 valence electrons. The number of ether oxygens (including phenoxy) is 1. The van der Waals surface area contributed by atoms with Gasteiger partial charge in [0.2, 0.25) is 0 Å². The minimum absolute atomic E-state index is 0.379. The first-order chi connectivity index (χ1) is 9.63. The van der Waals surface area contributed by atoms with Crippen LogP contribution in [-0.4, -0.2) is 32.8 Å². The smallest absolute Gasteiger partial charge is 0.0641 e. The van der Waals surface area contributed by atoms with Crippen LogP contribution in [0.25, 0.3) is 0 Å². The molecule has 4 heteroatoms. The number of anilines is 1. The van der Waals surface area contributed by atoms with Crippen molar-refractivity contribution in [3.63, 3.8) is 0 Å². The maximum absolute atomic E-state index is 5.45. The summed E-state index contributed by atoms with van der Waals surface area (Å²) in [7, 11) is 0. The Hall–Kier alpha value is -0.580. The summed E-state index contributed by atoms with van der Waals surface area (Å²) >= 11 is 3.71. The second-order valence-electron chi connectivity index (χ2n) is 4.77. The van der Waals surface area contributed by atoms with Crippen LogP contribution in [0.2, 0.25) is 0 Å². The van der Waals surface area contributed by atoms with Gasteiger partial charge in [0.1, 0.15) is 0 Å². The molecule has 0 aliphatic heterocycles. The Kier molecular flexibility index (Phi) is 8.19. The number of likely N-dealkylation sites (N-methyl/N-ethyl adjacent to an activating group) is 1. The molecule has 0 aliphatic carbocycles. The average Bonchev–Trinajstić information content (AvgIpc) is 2.44. The molecule has 1 aromatic carbocycles. The van der Waals surface area contributed by atoms with Gasteiger partial charge in [-0.15, -0.1) is 0 Å². The molecule has 1 atom stereocenters. The van der Waals surface area contributed by atoms with Crippen molar-refractivity contribution >= 4 is 21.6 Å². The molecule has 1 unspecified atom stereocenters. The van der Waals surface area contributed by atoms with Crippen molar-refractivity contribution in [2.45, 2.75) is 33.7 Å². The summed E-state index contributed by atoms with van der Waals surface area (Å²) in [6.45, 7) is 13.0. The van der Waals surface area contributed by atoms with E-state index in [0.717, 1.165) is 37.3 Å². The highest BCUT2D eigenvalue weighted by molar-refractivity contribution is 9.10. The second kappa shape index (κ2) is 9.37. The zero-order chi connectivity index (χ0) is 15.0. The van der Waals surface area contributed by atoms with Crippen molar-refractivity contribution < 1.29 is 4.74 Å². The lowest BCUT2D eigenvalue weighted by Crippen LogP contribution is -2.27. The van der Waals surface area contributed by atoms with E-state index in [-0.39, 0.29) is 0 Å². The van der Waals surface area contributed by atoms with Crippen LogP contribution < -0.4 is 10.2 Å². The van der Waals surface area contributed by atoms with Gasteiger partial charge in [-0.25, -0.2) is 0 Å². The Bertz CT molecular complexity index is 398. The van der Waals surface area contributed by atoms with Gasteiger partial charge in [0.15, 0.2) is 0 Å². The molecular weight excluding hydrogens is 316 g/mol. The molecule has 20 heavy (non-hydrogen) atoms. The van der Waals surface area contributed by atoms with Crippen LogP contribution >= 0.6 is 15.9 Å². The van der Waals surface area contributed by atoms with Gasteiger partial charge < -0.3 is 15.0 Å². The van der Waals surface area contributed by atoms with Gasteiger partial charge >= 0.3 is 0 Å². The molecule has 0 saturated heterocycles. The van der Waals surface area contributed by atoms with E-state index in [2.05, 4.69) is 65.1 Å². The number of hydrogen-bond donors (Lipinski definition) is 1. The molecule has 0 aliphatic rings. The van der Waals surface area contributed by atoms with Gasteiger partial charge in [0.05, 0.1) is 12.3 Å². The van der Waals surface area contributed by atoms with Crippen molar-refractivity contribution in [3.05, 3.63) is 28.2 Å². The van der Waals surface area contributed by atoms with Gasteiger partial charge in [-0.05, 0) is 60.9 Å². The lowest BCUT2D eigenvalue weighted by Gasteiger charge is -2.25. The third kappa shape index (κ3) is 5.08. The molecule has 0 bridgehead atoms. The first-order valence-corrected chi connectivity index (χ1v) is 8.28. The zero-order valence-electron chi connectivity index (χ0n) is 13.1. The summed E-state index contributed by atoms with van der Waals surface area (Å²) < 4.78 is 6.61. The molecule has 0 saturated carbocycles. The zero-order valence-corrected chi connectivity index (χ0v) is 14.7.